The molecule has 1 aromatic rings. The molecule has 0 radical (unpaired) electrons. The van der Waals surface area contributed by atoms with Crippen molar-refractivity contribution in [1.82, 2.24) is 9.91 Å². The molecule has 1 fully saturated rings. The Labute approximate surface area is 109 Å². The highest BCUT2D eigenvalue weighted by molar-refractivity contribution is 5.25. The van der Waals surface area contributed by atoms with Crippen LogP contribution in [0.15, 0.2) is 24.3 Å². The van der Waals surface area contributed by atoms with Crippen molar-refractivity contribution in [2.24, 2.45) is 5.84 Å². The van der Waals surface area contributed by atoms with E-state index < -0.39 is 0 Å². The van der Waals surface area contributed by atoms with E-state index in [0.29, 0.717) is 11.8 Å². The highest BCUT2D eigenvalue weighted by Gasteiger charge is 2.20. The third kappa shape index (κ3) is 3.70. The molecule has 1 heterocycles. The summed E-state index contributed by atoms with van der Waals surface area (Å²) in [5.74, 6) is 6.10. The second-order valence-corrected chi connectivity index (χ2v) is 5.16. The van der Waals surface area contributed by atoms with Crippen LogP contribution in [-0.2, 0) is 6.42 Å². The summed E-state index contributed by atoms with van der Waals surface area (Å²) in [5.41, 5.74) is 1.27. The molecule has 1 aromatic carbocycles. The zero-order valence-electron chi connectivity index (χ0n) is 11.0. The van der Waals surface area contributed by atoms with Crippen LogP contribution in [0.5, 0.6) is 5.75 Å². The van der Waals surface area contributed by atoms with Crippen LogP contribution in [0.4, 0.5) is 0 Å². The molecule has 0 atom stereocenters. The van der Waals surface area contributed by atoms with Gasteiger partial charge >= 0.3 is 0 Å². The Hall–Kier alpha value is -1.10. The first-order valence-electron chi connectivity index (χ1n) is 6.63. The number of hydrogen-bond donors (Lipinski definition) is 2. The van der Waals surface area contributed by atoms with E-state index in [-0.39, 0.29) is 0 Å². The predicted molar refractivity (Wildman–Crippen MR) is 73.2 cm³/mol. The molecule has 2 rings (SSSR count). The first kappa shape index (κ1) is 13.3. The molecule has 0 unspecified atom stereocenters. The Morgan fingerprint density at radius 2 is 1.89 bits per heavy atom. The molecule has 4 heteroatoms. The highest BCUT2D eigenvalue weighted by atomic mass is 16.3. The third-order valence-corrected chi connectivity index (χ3v) is 3.81. The molecule has 100 valence electrons. The maximum Gasteiger partial charge on any atom is 0.115 e. The van der Waals surface area contributed by atoms with Crippen molar-refractivity contribution in [1.29, 1.82) is 0 Å². The van der Waals surface area contributed by atoms with Gasteiger partial charge in [-0.15, -0.1) is 0 Å². The molecular weight excluding hydrogens is 226 g/mol. The molecule has 1 saturated heterocycles. The molecule has 18 heavy (non-hydrogen) atoms. The van der Waals surface area contributed by atoms with Crippen LogP contribution in [-0.4, -0.2) is 47.7 Å². The fourth-order valence-corrected chi connectivity index (χ4v) is 2.48. The topological polar surface area (TPSA) is 52.7 Å². The van der Waals surface area contributed by atoms with Gasteiger partial charge in [0.1, 0.15) is 5.75 Å². The average Bonchev–Trinajstić information content (AvgIpc) is 2.38. The lowest BCUT2D eigenvalue weighted by molar-refractivity contribution is 0.129. The molecule has 0 aromatic heterocycles. The Morgan fingerprint density at radius 3 is 2.50 bits per heavy atom. The van der Waals surface area contributed by atoms with E-state index in [1.54, 1.807) is 12.1 Å². The van der Waals surface area contributed by atoms with E-state index in [0.717, 1.165) is 38.9 Å². The summed E-state index contributed by atoms with van der Waals surface area (Å²) >= 11 is 0. The van der Waals surface area contributed by atoms with Crippen LogP contribution in [0.25, 0.3) is 0 Å². The van der Waals surface area contributed by atoms with Gasteiger partial charge in [-0.1, -0.05) is 12.1 Å². The molecule has 3 N–H and O–H groups in total. The molecule has 1 aliphatic rings. The smallest absolute Gasteiger partial charge is 0.115 e. The van der Waals surface area contributed by atoms with E-state index in [1.807, 2.05) is 17.1 Å². The van der Waals surface area contributed by atoms with Crippen LogP contribution in [0.3, 0.4) is 0 Å². The number of hydrazine groups is 1. The van der Waals surface area contributed by atoms with Gasteiger partial charge in [0.05, 0.1) is 0 Å². The number of aromatic hydroxyl groups is 1. The Balaban J connectivity index is 1.77. The predicted octanol–water partition coefficient (Wildman–Crippen LogP) is 1.20. The number of nitrogens with zero attached hydrogens (tertiary/aromatic N) is 2. The summed E-state index contributed by atoms with van der Waals surface area (Å²) in [4.78, 5) is 2.43. The van der Waals surface area contributed by atoms with Gasteiger partial charge in [0.15, 0.2) is 0 Å². The van der Waals surface area contributed by atoms with E-state index in [1.165, 1.54) is 5.56 Å². The standard InChI is InChI=1S/C14H23N3O/c1-16(13-7-10-17(15)11-8-13)9-6-12-2-4-14(18)5-3-12/h2-5,13,18H,6-11,15H2,1H3. The lowest BCUT2D eigenvalue weighted by Crippen LogP contribution is -2.46. The molecule has 0 aliphatic carbocycles. The molecule has 4 nitrogen and oxygen atoms in total. The Bertz CT molecular complexity index is 358. The van der Waals surface area contributed by atoms with E-state index in [2.05, 4.69) is 11.9 Å². The molecular formula is C14H23N3O. The van der Waals surface area contributed by atoms with Crippen molar-refractivity contribution in [3.63, 3.8) is 0 Å². The van der Waals surface area contributed by atoms with Gasteiger partial charge in [0.2, 0.25) is 0 Å². The van der Waals surface area contributed by atoms with Gasteiger partial charge < -0.3 is 10.0 Å². The third-order valence-electron chi connectivity index (χ3n) is 3.81. The Morgan fingerprint density at radius 1 is 1.28 bits per heavy atom. The van der Waals surface area contributed by atoms with Gasteiger partial charge in [-0.3, -0.25) is 5.84 Å². The van der Waals surface area contributed by atoms with Crippen molar-refractivity contribution < 1.29 is 5.11 Å². The molecule has 0 saturated carbocycles. The first-order valence-corrected chi connectivity index (χ1v) is 6.63. The lowest BCUT2D eigenvalue weighted by Gasteiger charge is -2.34. The number of hydrogen-bond acceptors (Lipinski definition) is 4. The minimum Gasteiger partial charge on any atom is -0.508 e. The van der Waals surface area contributed by atoms with Gasteiger partial charge in [-0.25, -0.2) is 5.01 Å². The number of phenolic OH excluding ortho intramolecular Hbond substituents is 1. The monoisotopic (exact) mass is 249 g/mol. The van der Waals surface area contributed by atoms with Crippen LogP contribution >= 0.6 is 0 Å². The van der Waals surface area contributed by atoms with Crippen LogP contribution < -0.4 is 5.84 Å². The first-order chi connectivity index (χ1) is 8.65. The quantitative estimate of drug-likeness (QED) is 0.787. The van der Waals surface area contributed by atoms with E-state index in [9.17, 15) is 5.11 Å². The maximum absolute atomic E-state index is 9.24. The van der Waals surface area contributed by atoms with E-state index in [4.69, 9.17) is 5.84 Å². The highest BCUT2D eigenvalue weighted by Crippen LogP contribution is 2.15. The number of phenols is 1. The molecule has 0 bridgehead atoms. The number of rotatable bonds is 4. The van der Waals surface area contributed by atoms with Crippen LogP contribution in [0, 0.1) is 0 Å². The fourth-order valence-electron chi connectivity index (χ4n) is 2.48. The fraction of sp³-hybridized carbons (Fsp3) is 0.571. The van der Waals surface area contributed by atoms with Gasteiger partial charge in [0.25, 0.3) is 0 Å². The summed E-state index contributed by atoms with van der Waals surface area (Å²) in [6, 6.07) is 8.14. The molecule has 0 spiro atoms. The number of nitrogens with two attached hydrogens (primary N) is 1. The minimum atomic E-state index is 0.336. The minimum absolute atomic E-state index is 0.336. The number of benzene rings is 1. The van der Waals surface area contributed by atoms with Crippen molar-refractivity contribution >= 4 is 0 Å². The summed E-state index contributed by atoms with van der Waals surface area (Å²) in [6.45, 7) is 3.04. The molecule has 1 aliphatic heterocycles. The normalized spacial score (nSPS) is 18.4. The van der Waals surface area contributed by atoms with Crippen molar-refractivity contribution in [2.45, 2.75) is 25.3 Å². The summed E-state index contributed by atoms with van der Waals surface area (Å²) in [5, 5.41) is 11.1. The largest absolute Gasteiger partial charge is 0.508 e. The second kappa shape index (κ2) is 6.18. The number of likely N-dealkylation sites (N-methyl/N-ethyl adjacent to an activating group) is 1. The summed E-state index contributed by atoms with van der Waals surface area (Å²) < 4.78 is 0. The zero-order valence-corrected chi connectivity index (χ0v) is 11.0. The Kier molecular flexibility index (Phi) is 4.58. The zero-order chi connectivity index (χ0) is 13.0. The van der Waals surface area contributed by atoms with Crippen LogP contribution in [0.1, 0.15) is 18.4 Å². The van der Waals surface area contributed by atoms with E-state index >= 15 is 0 Å². The van der Waals surface area contributed by atoms with Crippen LogP contribution in [0.2, 0.25) is 0 Å². The molecule has 0 amide bonds. The van der Waals surface area contributed by atoms with Gasteiger partial charge in [-0.2, -0.15) is 0 Å². The lowest BCUT2D eigenvalue weighted by atomic mass is 10.0. The SMILES string of the molecule is CN(CCc1ccc(O)cc1)C1CCN(N)CC1. The number of piperidine rings is 1. The van der Waals surface area contributed by atoms with Crippen molar-refractivity contribution in [2.75, 3.05) is 26.7 Å². The average molecular weight is 249 g/mol. The van der Waals surface area contributed by atoms with Crippen molar-refractivity contribution in [3.05, 3.63) is 29.8 Å². The van der Waals surface area contributed by atoms with Gasteiger partial charge in [0, 0.05) is 25.7 Å². The summed E-state index contributed by atoms with van der Waals surface area (Å²) in [7, 11) is 2.19. The summed E-state index contributed by atoms with van der Waals surface area (Å²) in [6.07, 6.45) is 3.34. The second-order valence-electron chi connectivity index (χ2n) is 5.16. The van der Waals surface area contributed by atoms with Crippen molar-refractivity contribution in [3.8, 4) is 5.75 Å². The van der Waals surface area contributed by atoms with Gasteiger partial charge in [-0.05, 0) is 44.0 Å². The maximum atomic E-state index is 9.24.